The first-order valence-corrected chi connectivity index (χ1v) is 10.5. The molecule has 1 aliphatic rings. The van der Waals surface area contributed by atoms with Gasteiger partial charge in [0.15, 0.2) is 11.6 Å². The van der Waals surface area contributed by atoms with Crippen LogP contribution in [-0.2, 0) is 9.47 Å². The summed E-state index contributed by atoms with van der Waals surface area (Å²) in [5, 5.41) is 0. The summed E-state index contributed by atoms with van der Waals surface area (Å²) in [6.07, 6.45) is 1.42. The maximum atomic E-state index is 13.0. The van der Waals surface area contributed by atoms with Crippen molar-refractivity contribution in [2.24, 2.45) is 0 Å². The molecular weight excluding hydrogens is 416 g/mol. The molecule has 0 N–H and O–H groups in total. The molecule has 0 spiro atoms. The van der Waals surface area contributed by atoms with Crippen LogP contribution in [0.2, 0.25) is 0 Å². The topological polar surface area (TPSA) is 105 Å². The van der Waals surface area contributed by atoms with Crippen molar-refractivity contribution in [3.05, 3.63) is 58.7 Å². The molecule has 8 nitrogen and oxygen atoms in total. The van der Waals surface area contributed by atoms with Gasteiger partial charge < -0.3 is 18.9 Å². The van der Waals surface area contributed by atoms with Crippen LogP contribution >= 0.6 is 0 Å². The largest absolute Gasteiger partial charge is 0.513 e. The molecule has 0 fully saturated rings. The molecule has 0 atom stereocenters. The third-order valence-electron chi connectivity index (χ3n) is 4.80. The first kappa shape index (κ1) is 23.0. The van der Waals surface area contributed by atoms with Crippen molar-refractivity contribution >= 4 is 23.9 Å². The summed E-state index contributed by atoms with van der Waals surface area (Å²) in [6.45, 7) is 4.41. The zero-order chi connectivity index (χ0) is 23.1. The van der Waals surface area contributed by atoms with Gasteiger partial charge in [-0.2, -0.15) is 0 Å². The summed E-state index contributed by atoms with van der Waals surface area (Å²) < 4.78 is 20.1. The van der Waals surface area contributed by atoms with Gasteiger partial charge in [0.25, 0.3) is 0 Å². The predicted molar refractivity (Wildman–Crippen MR) is 114 cm³/mol. The molecule has 3 rings (SSSR count). The van der Waals surface area contributed by atoms with Crippen molar-refractivity contribution in [2.75, 3.05) is 13.2 Å². The van der Waals surface area contributed by atoms with Gasteiger partial charge in [-0.05, 0) is 49.2 Å². The molecule has 0 unspecified atom stereocenters. The summed E-state index contributed by atoms with van der Waals surface area (Å²) in [5.74, 6) is -0.609. The third-order valence-corrected chi connectivity index (χ3v) is 4.80. The fourth-order valence-electron chi connectivity index (χ4n) is 3.09. The second-order valence-corrected chi connectivity index (χ2v) is 7.18. The van der Waals surface area contributed by atoms with Crippen LogP contribution in [0.25, 0.3) is 0 Å². The number of unbranched alkanes of at least 4 members (excludes halogenated alkanes) is 2. The number of hydrogen-bond donors (Lipinski definition) is 0. The fourth-order valence-corrected chi connectivity index (χ4v) is 3.09. The fraction of sp³-hybridized carbons (Fsp3) is 0.333. The van der Waals surface area contributed by atoms with E-state index < -0.39 is 23.9 Å². The van der Waals surface area contributed by atoms with E-state index in [2.05, 4.69) is 0 Å². The van der Waals surface area contributed by atoms with E-state index >= 15 is 0 Å². The summed E-state index contributed by atoms with van der Waals surface area (Å²) in [6, 6.07) is 8.35. The van der Waals surface area contributed by atoms with E-state index in [4.69, 9.17) is 18.9 Å². The van der Waals surface area contributed by atoms with E-state index in [1.54, 1.807) is 0 Å². The average Bonchev–Trinajstić information content (AvgIpc) is 2.78. The predicted octanol–water partition coefficient (Wildman–Crippen LogP) is 5.09. The molecule has 0 aromatic heterocycles. The number of carbonyl (C=O) groups is 4. The van der Waals surface area contributed by atoms with Crippen LogP contribution in [0.15, 0.2) is 36.4 Å². The van der Waals surface area contributed by atoms with Gasteiger partial charge in [0.2, 0.25) is 0 Å². The molecule has 2 aromatic carbocycles. The molecule has 0 aliphatic heterocycles. The summed E-state index contributed by atoms with van der Waals surface area (Å²) >= 11 is 0. The average molecular weight is 440 g/mol. The Labute approximate surface area is 185 Å². The molecule has 2 aromatic rings. The lowest BCUT2D eigenvalue weighted by molar-refractivity contribution is 0.0953. The smallest absolute Gasteiger partial charge is 0.434 e. The molecule has 0 amide bonds. The second-order valence-electron chi connectivity index (χ2n) is 7.18. The van der Waals surface area contributed by atoms with Crippen LogP contribution in [0.5, 0.6) is 11.5 Å². The number of ketones is 2. The first-order chi connectivity index (χ1) is 15.4. The Kier molecular flexibility index (Phi) is 7.59. The highest BCUT2D eigenvalue weighted by atomic mass is 16.7. The molecule has 0 bridgehead atoms. The normalized spacial score (nSPS) is 11.9. The lowest BCUT2D eigenvalue weighted by Gasteiger charge is -2.18. The van der Waals surface area contributed by atoms with E-state index in [0.29, 0.717) is 12.8 Å². The molecule has 32 heavy (non-hydrogen) atoms. The number of ether oxygens (including phenoxy) is 4. The van der Waals surface area contributed by atoms with Crippen molar-refractivity contribution in [3.63, 3.8) is 0 Å². The SMILES string of the molecule is CCCCOC(=O)Oc1ccc2c(c1)C(=O)c1ccc(OC(=O)OCCCC)cc1C2=O. The van der Waals surface area contributed by atoms with Gasteiger partial charge in [0, 0.05) is 22.3 Å². The summed E-state index contributed by atoms with van der Waals surface area (Å²) in [7, 11) is 0. The molecule has 1 aliphatic carbocycles. The number of rotatable bonds is 8. The van der Waals surface area contributed by atoms with E-state index in [1.165, 1.54) is 36.4 Å². The monoisotopic (exact) mass is 440 g/mol. The van der Waals surface area contributed by atoms with Crippen LogP contribution < -0.4 is 9.47 Å². The first-order valence-electron chi connectivity index (χ1n) is 10.5. The molecule has 0 radical (unpaired) electrons. The molecular formula is C24H24O8. The van der Waals surface area contributed by atoms with Crippen molar-refractivity contribution in [1.82, 2.24) is 0 Å². The van der Waals surface area contributed by atoms with Gasteiger partial charge in [0.05, 0.1) is 13.2 Å². The minimum atomic E-state index is -0.874. The second kappa shape index (κ2) is 10.6. The van der Waals surface area contributed by atoms with Gasteiger partial charge >= 0.3 is 12.3 Å². The number of fused-ring (bicyclic) bond motifs is 2. The highest BCUT2D eigenvalue weighted by Gasteiger charge is 2.31. The van der Waals surface area contributed by atoms with Crippen molar-refractivity contribution < 1.29 is 38.1 Å². The standard InChI is InChI=1S/C24H24O8/c1-3-5-11-29-23(27)31-15-7-9-17-19(13-15)21(25)18-10-8-16(14-20(18)22(17)26)32-24(28)30-12-6-4-2/h7-10,13-14H,3-6,11-12H2,1-2H3. The minimum Gasteiger partial charge on any atom is -0.434 e. The number of benzene rings is 2. The van der Waals surface area contributed by atoms with E-state index in [-0.39, 0.29) is 47.0 Å². The Balaban J connectivity index is 1.76. The van der Waals surface area contributed by atoms with Gasteiger partial charge in [-0.1, -0.05) is 26.7 Å². The highest BCUT2D eigenvalue weighted by Crippen LogP contribution is 2.32. The van der Waals surface area contributed by atoms with Crippen LogP contribution in [0.3, 0.4) is 0 Å². The van der Waals surface area contributed by atoms with E-state index in [9.17, 15) is 19.2 Å². The Morgan fingerprint density at radius 2 is 1.06 bits per heavy atom. The quantitative estimate of drug-likeness (QED) is 0.271. The number of hydrogen-bond acceptors (Lipinski definition) is 8. The van der Waals surface area contributed by atoms with Crippen LogP contribution in [-0.4, -0.2) is 37.1 Å². The van der Waals surface area contributed by atoms with Gasteiger partial charge in [0.1, 0.15) is 11.5 Å². The molecule has 0 saturated carbocycles. The highest BCUT2D eigenvalue weighted by molar-refractivity contribution is 6.28. The maximum Gasteiger partial charge on any atom is 0.513 e. The van der Waals surface area contributed by atoms with E-state index in [1.807, 2.05) is 13.8 Å². The Hall–Kier alpha value is -3.68. The van der Waals surface area contributed by atoms with Gasteiger partial charge in [-0.15, -0.1) is 0 Å². The summed E-state index contributed by atoms with van der Waals surface area (Å²) in [4.78, 5) is 49.4. The minimum absolute atomic E-state index is 0.102. The Morgan fingerprint density at radius 3 is 1.44 bits per heavy atom. The van der Waals surface area contributed by atoms with Gasteiger partial charge in [-0.3, -0.25) is 9.59 Å². The summed E-state index contributed by atoms with van der Waals surface area (Å²) in [5.41, 5.74) is 0.566. The Morgan fingerprint density at radius 1 is 0.656 bits per heavy atom. The van der Waals surface area contributed by atoms with Crippen LogP contribution in [0.4, 0.5) is 9.59 Å². The zero-order valence-corrected chi connectivity index (χ0v) is 18.0. The molecule has 0 saturated heterocycles. The van der Waals surface area contributed by atoms with Crippen molar-refractivity contribution in [2.45, 2.75) is 39.5 Å². The molecule has 168 valence electrons. The molecule has 0 heterocycles. The third kappa shape index (κ3) is 5.32. The lowest BCUT2D eigenvalue weighted by atomic mass is 9.84. The lowest BCUT2D eigenvalue weighted by Crippen LogP contribution is -2.22. The van der Waals surface area contributed by atoms with Crippen LogP contribution in [0.1, 0.15) is 71.4 Å². The van der Waals surface area contributed by atoms with E-state index in [0.717, 1.165) is 12.8 Å². The Bertz CT molecular complexity index is 957. The van der Waals surface area contributed by atoms with Crippen molar-refractivity contribution in [1.29, 1.82) is 0 Å². The maximum absolute atomic E-state index is 13.0. The zero-order valence-electron chi connectivity index (χ0n) is 18.0. The van der Waals surface area contributed by atoms with Gasteiger partial charge in [-0.25, -0.2) is 9.59 Å². The van der Waals surface area contributed by atoms with Crippen molar-refractivity contribution in [3.8, 4) is 11.5 Å². The van der Waals surface area contributed by atoms with Crippen LogP contribution in [0, 0.1) is 0 Å². The number of carbonyl (C=O) groups excluding carboxylic acids is 4. The molecule has 8 heteroatoms.